The van der Waals surface area contributed by atoms with Crippen LogP contribution in [0.5, 0.6) is 0 Å². The van der Waals surface area contributed by atoms with Crippen molar-refractivity contribution in [2.45, 2.75) is 71.0 Å². The highest BCUT2D eigenvalue weighted by atomic mass is 16.5. The molecule has 0 amide bonds. The van der Waals surface area contributed by atoms with Crippen LogP contribution in [0.4, 0.5) is 0 Å². The smallest absolute Gasteiger partial charge is 0.302 e. The molecule has 0 aliphatic heterocycles. The summed E-state index contributed by atoms with van der Waals surface area (Å²) in [7, 11) is 0. The Labute approximate surface area is 150 Å². The molecular weight excluding hydrogens is 328 g/mol. The summed E-state index contributed by atoms with van der Waals surface area (Å²) in [5.41, 5.74) is -1.91. The van der Waals surface area contributed by atoms with Crippen LogP contribution in [-0.4, -0.2) is 58.3 Å². The molecule has 0 bridgehead atoms. The summed E-state index contributed by atoms with van der Waals surface area (Å²) in [4.78, 5) is 20.9. The summed E-state index contributed by atoms with van der Waals surface area (Å²) < 4.78 is 9.44. The van der Waals surface area contributed by atoms with E-state index >= 15 is 0 Å². The van der Waals surface area contributed by atoms with E-state index in [1.54, 1.807) is 6.08 Å². The Hall–Kier alpha value is -1.44. The van der Waals surface area contributed by atoms with Gasteiger partial charge >= 0.3 is 11.9 Å². The van der Waals surface area contributed by atoms with Crippen LogP contribution in [0.25, 0.3) is 0 Å². The quantitative estimate of drug-likeness (QED) is 0.379. The van der Waals surface area contributed by atoms with Crippen LogP contribution < -0.4 is 0 Å². The van der Waals surface area contributed by atoms with Crippen molar-refractivity contribution < 1.29 is 34.4 Å². The van der Waals surface area contributed by atoms with Crippen LogP contribution in [-0.2, 0) is 19.1 Å². The third kappa shape index (κ3) is 14.6. The molecule has 0 spiro atoms. The average Bonchev–Trinajstić information content (AvgIpc) is 2.57. The fourth-order valence-corrected chi connectivity index (χ4v) is 1.81. The zero-order chi connectivity index (χ0) is 19.9. The molecule has 0 radical (unpaired) electrons. The first-order valence-corrected chi connectivity index (χ1v) is 8.51. The van der Waals surface area contributed by atoms with Gasteiger partial charge in [-0.1, -0.05) is 19.9 Å². The van der Waals surface area contributed by atoms with Crippen molar-refractivity contribution in [2.24, 2.45) is 0 Å². The van der Waals surface area contributed by atoms with Gasteiger partial charge < -0.3 is 24.8 Å². The van der Waals surface area contributed by atoms with Crippen LogP contribution in [0, 0.1) is 0 Å². The summed E-state index contributed by atoms with van der Waals surface area (Å²) in [6, 6.07) is 0. The monoisotopic (exact) mass is 362 g/mol. The van der Waals surface area contributed by atoms with Crippen molar-refractivity contribution in [1.29, 1.82) is 0 Å². The van der Waals surface area contributed by atoms with Crippen LogP contribution in [0.2, 0.25) is 0 Å². The Morgan fingerprint density at radius 2 is 1.44 bits per heavy atom. The van der Waals surface area contributed by atoms with Gasteiger partial charge in [-0.3, -0.25) is 9.59 Å². The largest absolute Gasteiger partial charge is 0.463 e. The second kappa shape index (κ2) is 13.8. The van der Waals surface area contributed by atoms with Crippen LogP contribution in [0.1, 0.15) is 59.8 Å². The molecule has 7 nitrogen and oxygen atoms in total. The van der Waals surface area contributed by atoms with Gasteiger partial charge in [0.1, 0.15) is 18.8 Å². The van der Waals surface area contributed by atoms with Gasteiger partial charge in [0.2, 0.25) is 0 Å². The molecule has 0 rings (SSSR count). The molecule has 0 aromatic heterocycles. The molecule has 0 saturated heterocycles. The number of hydrogen-bond acceptors (Lipinski definition) is 7. The highest BCUT2D eigenvalue weighted by Crippen LogP contribution is 2.17. The summed E-state index contributed by atoms with van der Waals surface area (Å²) in [6.45, 7) is 9.92. The average molecular weight is 362 g/mol. The lowest BCUT2D eigenvalue weighted by Gasteiger charge is -2.25. The van der Waals surface area contributed by atoms with Crippen molar-refractivity contribution in [3.8, 4) is 0 Å². The fraction of sp³-hybridized carbons (Fsp3) is 0.778. The van der Waals surface area contributed by atoms with Gasteiger partial charge in [-0.2, -0.15) is 0 Å². The molecule has 2 atom stereocenters. The van der Waals surface area contributed by atoms with E-state index in [-0.39, 0.29) is 25.8 Å². The van der Waals surface area contributed by atoms with E-state index in [0.29, 0.717) is 32.1 Å². The standard InChI is InChI=1S/C9H18O4.C9H16O3/c1-3-9(12,5-4-6-10)7-13-8(2)11;1-4-6-9(11,5-2)7-12-8(3)10/h10,12H,3-7H2,1-2H3;4,11H,1,5-7H2,2-3H3. The first kappa shape index (κ1) is 25.8. The third-order valence-corrected chi connectivity index (χ3v) is 3.73. The van der Waals surface area contributed by atoms with Gasteiger partial charge in [0.15, 0.2) is 0 Å². The van der Waals surface area contributed by atoms with Crippen molar-refractivity contribution in [2.75, 3.05) is 19.8 Å². The molecule has 148 valence electrons. The Kier molecular flexibility index (Phi) is 14.2. The topological polar surface area (TPSA) is 113 Å². The second-order valence-electron chi connectivity index (χ2n) is 6.04. The lowest BCUT2D eigenvalue weighted by molar-refractivity contribution is -0.150. The molecule has 25 heavy (non-hydrogen) atoms. The Bertz CT molecular complexity index is 397. The number of hydrogen-bond donors (Lipinski definition) is 3. The van der Waals surface area contributed by atoms with E-state index in [2.05, 4.69) is 6.58 Å². The van der Waals surface area contributed by atoms with E-state index in [9.17, 15) is 19.8 Å². The lowest BCUT2D eigenvalue weighted by Crippen LogP contribution is -2.34. The van der Waals surface area contributed by atoms with E-state index in [4.69, 9.17) is 14.6 Å². The number of esters is 2. The van der Waals surface area contributed by atoms with Crippen LogP contribution in [0.3, 0.4) is 0 Å². The highest BCUT2D eigenvalue weighted by Gasteiger charge is 2.25. The SMILES string of the molecule is C=CCC(O)(CC)COC(C)=O.CCC(O)(CCCO)COC(C)=O. The van der Waals surface area contributed by atoms with Gasteiger partial charge in [0.25, 0.3) is 0 Å². The normalized spacial score (nSPS) is 15.0. The summed E-state index contributed by atoms with van der Waals surface area (Å²) in [5.74, 6) is -0.762. The minimum Gasteiger partial charge on any atom is -0.463 e. The minimum atomic E-state index is -0.978. The van der Waals surface area contributed by atoms with Crippen molar-refractivity contribution >= 4 is 11.9 Å². The Balaban J connectivity index is 0. The number of aliphatic hydroxyl groups is 3. The maximum absolute atomic E-state index is 10.5. The van der Waals surface area contributed by atoms with Gasteiger partial charge in [-0.05, 0) is 32.1 Å². The number of rotatable bonds is 11. The summed E-state index contributed by atoms with van der Waals surface area (Å²) in [5, 5.41) is 28.1. The number of carbonyl (C=O) groups excluding carboxylic acids is 2. The fourth-order valence-electron chi connectivity index (χ4n) is 1.81. The Morgan fingerprint density at radius 1 is 1.00 bits per heavy atom. The third-order valence-electron chi connectivity index (χ3n) is 3.73. The molecule has 0 aliphatic rings. The van der Waals surface area contributed by atoms with Crippen LogP contribution in [0.15, 0.2) is 12.7 Å². The number of ether oxygens (including phenoxy) is 2. The molecule has 0 aromatic rings. The van der Waals surface area contributed by atoms with Crippen molar-refractivity contribution in [3.63, 3.8) is 0 Å². The molecule has 0 fully saturated rings. The zero-order valence-electron chi connectivity index (χ0n) is 15.9. The Morgan fingerprint density at radius 3 is 1.76 bits per heavy atom. The van der Waals surface area contributed by atoms with Gasteiger partial charge in [-0.25, -0.2) is 0 Å². The van der Waals surface area contributed by atoms with Crippen molar-refractivity contribution in [1.82, 2.24) is 0 Å². The lowest BCUT2D eigenvalue weighted by atomic mass is 9.96. The van der Waals surface area contributed by atoms with Gasteiger partial charge in [0, 0.05) is 20.5 Å². The molecule has 0 aromatic carbocycles. The molecule has 0 aliphatic carbocycles. The minimum absolute atomic E-state index is 0.0127. The van der Waals surface area contributed by atoms with Crippen LogP contribution >= 0.6 is 0 Å². The summed E-state index contributed by atoms with van der Waals surface area (Å²) in [6.07, 6.45) is 4.09. The van der Waals surface area contributed by atoms with Gasteiger partial charge in [-0.15, -0.1) is 6.58 Å². The number of carbonyl (C=O) groups is 2. The molecule has 0 heterocycles. The number of aliphatic hydroxyl groups excluding tert-OH is 1. The first-order valence-electron chi connectivity index (χ1n) is 8.51. The highest BCUT2D eigenvalue weighted by molar-refractivity contribution is 5.66. The molecule has 2 unspecified atom stereocenters. The van der Waals surface area contributed by atoms with E-state index < -0.39 is 17.2 Å². The molecule has 0 saturated carbocycles. The van der Waals surface area contributed by atoms with E-state index in [0.717, 1.165) is 0 Å². The second-order valence-corrected chi connectivity index (χ2v) is 6.04. The van der Waals surface area contributed by atoms with Crippen molar-refractivity contribution in [3.05, 3.63) is 12.7 Å². The van der Waals surface area contributed by atoms with E-state index in [1.807, 2.05) is 13.8 Å². The predicted molar refractivity (Wildman–Crippen MR) is 94.9 cm³/mol. The predicted octanol–water partition coefficient (Wildman–Crippen LogP) is 1.73. The molecular formula is C18H34O7. The van der Waals surface area contributed by atoms with E-state index in [1.165, 1.54) is 13.8 Å². The maximum Gasteiger partial charge on any atom is 0.302 e. The zero-order valence-corrected chi connectivity index (χ0v) is 15.9. The summed E-state index contributed by atoms with van der Waals surface area (Å²) >= 11 is 0. The first-order chi connectivity index (χ1) is 11.6. The molecule has 3 N–H and O–H groups in total. The van der Waals surface area contributed by atoms with Gasteiger partial charge in [0.05, 0.1) is 5.60 Å². The maximum atomic E-state index is 10.5. The molecule has 7 heteroatoms.